The van der Waals surface area contributed by atoms with E-state index in [-0.39, 0.29) is 5.91 Å². The summed E-state index contributed by atoms with van der Waals surface area (Å²) in [5, 5.41) is 3.52. The zero-order valence-corrected chi connectivity index (χ0v) is 14.6. The zero-order valence-electron chi connectivity index (χ0n) is 13.8. The van der Waals surface area contributed by atoms with Gasteiger partial charge in [0.05, 0.1) is 12.6 Å². The number of nitrogens with one attached hydrogen (secondary N) is 2. The lowest BCUT2D eigenvalue weighted by Crippen LogP contribution is -2.49. The van der Waals surface area contributed by atoms with Crippen LogP contribution < -0.4 is 21.3 Å². The molecular weight excluding hydrogens is 328 g/mol. The molecule has 0 spiro atoms. The van der Waals surface area contributed by atoms with E-state index in [1.165, 1.54) is 18.7 Å². The van der Waals surface area contributed by atoms with E-state index in [1.54, 1.807) is 7.11 Å². The van der Waals surface area contributed by atoms with E-state index < -0.39 is 11.9 Å². The van der Waals surface area contributed by atoms with Crippen LogP contribution in [0.4, 0.5) is 0 Å². The molecule has 0 saturated heterocycles. The second-order valence-corrected chi connectivity index (χ2v) is 6.28. The molecule has 0 radical (unpaired) electrons. The summed E-state index contributed by atoms with van der Waals surface area (Å²) < 4.78 is 5.27. The van der Waals surface area contributed by atoms with E-state index in [9.17, 15) is 9.59 Å². The third-order valence-electron chi connectivity index (χ3n) is 3.35. The van der Waals surface area contributed by atoms with Crippen molar-refractivity contribution in [2.45, 2.75) is 24.8 Å². The molecule has 0 aliphatic carbocycles. The van der Waals surface area contributed by atoms with Crippen molar-refractivity contribution in [2.75, 3.05) is 12.9 Å². The van der Waals surface area contributed by atoms with Crippen molar-refractivity contribution >= 4 is 34.5 Å². The van der Waals surface area contributed by atoms with Gasteiger partial charge in [-0.1, -0.05) is 0 Å². The number of carbonyl (C=O) groups is 2. The highest BCUT2D eigenvalue weighted by atomic mass is 32.2. The lowest BCUT2D eigenvalue weighted by molar-refractivity contribution is -0.127. The fourth-order valence-corrected chi connectivity index (χ4v) is 3.40. The number of carbonyl (C=O) groups excluding carboxylic acids is 2. The van der Waals surface area contributed by atoms with Crippen molar-refractivity contribution < 1.29 is 14.3 Å². The van der Waals surface area contributed by atoms with Gasteiger partial charge in [0.1, 0.15) is 11.8 Å². The van der Waals surface area contributed by atoms with E-state index >= 15 is 0 Å². The summed E-state index contributed by atoms with van der Waals surface area (Å²) in [6.07, 6.45) is 0. The minimum atomic E-state index is -0.716. The molecule has 0 unspecified atom stereocenters. The molecule has 0 bridgehead atoms. The number of fused-ring (bicyclic) bond motifs is 1. The van der Waals surface area contributed by atoms with Gasteiger partial charge in [-0.3, -0.25) is 20.0 Å². The van der Waals surface area contributed by atoms with Gasteiger partial charge in [-0.15, -0.1) is 11.8 Å². The first-order valence-corrected chi connectivity index (χ1v) is 8.29. The predicted octanol–water partition coefficient (Wildman–Crippen LogP) is 1.14. The topological polar surface area (TPSA) is 106 Å². The van der Waals surface area contributed by atoms with E-state index in [1.807, 2.05) is 31.2 Å². The molecule has 0 saturated carbocycles. The zero-order chi connectivity index (χ0) is 17.7. The van der Waals surface area contributed by atoms with Crippen molar-refractivity contribution in [1.82, 2.24) is 15.7 Å². The second kappa shape index (κ2) is 7.98. The van der Waals surface area contributed by atoms with Crippen LogP contribution >= 0.6 is 11.8 Å². The van der Waals surface area contributed by atoms with E-state index in [2.05, 4.69) is 15.7 Å². The molecule has 2 rings (SSSR count). The van der Waals surface area contributed by atoms with Crippen molar-refractivity contribution in [3.63, 3.8) is 0 Å². The van der Waals surface area contributed by atoms with Gasteiger partial charge in [-0.2, -0.15) is 0 Å². The number of methoxy groups -OCH3 is 1. The smallest absolute Gasteiger partial charge is 0.257 e. The number of aromatic nitrogens is 1. The van der Waals surface area contributed by atoms with Crippen LogP contribution in [-0.4, -0.2) is 35.7 Å². The number of nitrogens with two attached hydrogens (primary N) is 1. The molecule has 24 heavy (non-hydrogen) atoms. The van der Waals surface area contributed by atoms with Gasteiger partial charge in [0.15, 0.2) is 0 Å². The lowest BCUT2D eigenvalue weighted by Gasteiger charge is -2.16. The maximum atomic E-state index is 11.8. The van der Waals surface area contributed by atoms with Crippen LogP contribution in [0.1, 0.15) is 12.6 Å². The number of benzene rings is 1. The molecule has 2 amide bonds. The number of pyridine rings is 1. The summed E-state index contributed by atoms with van der Waals surface area (Å²) in [7, 11) is 1.61. The van der Waals surface area contributed by atoms with Crippen molar-refractivity contribution in [3.05, 3.63) is 30.0 Å². The van der Waals surface area contributed by atoms with Crippen LogP contribution in [0, 0.1) is 6.92 Å². The summed E-state index contributed by atoms with van der Waals surface area (Å²) in [6.45, 7) is 3.27. The second-order valence-electron chi connectivity index (χ2n) is 5.22. The van der Waals surface area contributed by atoms with Gasteiger partial charge in [0.2, 0.25) is 5.91 Å². The Morgan fingerprint density at radius 2 is 2.12 bits per heavy atom. The average Bonchev–Trinajstić information content (AvgIpc) is 2.56. The Balaban J connectivity index is 2.30. The number of thioether (sulfide) groups is 1. The maximum absolute atomic E-state index is 11.8. The molecule has 4 N–H and O–H groups in total. The molecule has 0 fully saturated rings. The van der Waals surface area contributed by atoms with Crippen LogP contribution in [0.5, 0.6) is 5.75 Å². The highest BCUT2D eigenvalue weighted by Gasteiger charge is 2.19. The Morgan fingerprint density at radius 1 is 1.38 bits per heavy atom. The first kappa shape index (κ1) is 18.0. The Hall–Kier alpha value is -2.32. The van der Waals surface area contributed by atoms with E-state index in [4.69, 9.17) is 10.6 Å². The third-order valence-corrected chi connectivity index (χ3v) is 4.50. The molecule has 7 nitrogen and oxygen atoms in total. The SMILES string of the molecule is COc1ccc2nc(C)cc(SC[C@H](NC(C)=O)C(=O)NN)c2c1. The molecule has 1 heterocycles. The molecule has 1 aromatic heterocycles. The summed E-state index contributed by atoms with van der Waals surface area (Å²) in [5.41, 5.74) is 3.79. The minimum Gasteiger partial charge on any atom is -0.497 e. The number of rotatable bonds is 6. The van der Waals surface area contributed by atoms with Gasteiger partial charge in [-0.05, 0) is 31.2 Å². The standard InChI is InChI=1S/C16H20N4O3S/c1-9-6-15(12-7-11(23-3)4-5-13(12)18-9)24-8-14(16(22)20-17)19-10(2)21/h4-7,14H,8,17H2,1-3H3,(H,19,21)(H,20,22)/t14-/m0/s1. The van der Waals surface area contributed by atoms with Crippen LogP contribution in [0.3, 0.4) is 0 Å². The number of amides is 2. The number of hydrogen-bond acceptors (Lipinski definition) is 6. The minimum absolute atomic E-state index is 0.290. The number of hydrogen-bond donors (Lipinski definition) is 3. The van der Waals surface area contributed by atoms with Crippen LogP contribution in [0.25, 0.3) is 10.9 Å². The Morgan fingerprint density at radius 3 is 2.75 bits per heavy atom. The average molecular weight is 348 g/mol. The first-order chi connectivity index (χ1) is 11.4. The Kier molecular flexibility index (Phi) is 5.99. The van der Waals surface area contributed by atoms with Gasteiger partial charge in [0, 0.05) is 28.7 Å². The molecule has 128 valence electrons. The van der Waals surface area contributed by atoms with Crippen molar-refractivity contribution in [3.8, 4) is 5.75 Å². The Bertz CT molecular complexity index is 766. The summed E-state index contributed by atoms with van der Waals surface area (Å²) in [4.78, 5) is 28.5. The van der Waals surface area contributed by atoms with Crippen molar-refractivity contribution in [1.29, 1.82) is 0 Å². The third kappa shape index (κ3) is 4.36. The van der Waals surface area contributed by atoms with Crippen molar-refractivity contribution in [2.24, 2.45) is 5.84 Å². The lowest BCUT2D eigenvalue weighted by atomic mass is 10.2. The molecular formula is C16H20N4O3S. The molecule has 0 aliphatic rings. The first-order valence-electron chi connectivity index (χ1n) is 7.30. The van der Waals surface area contributed by atoms with Crippen LogP contribution in [0.2, 0.25) is 0 Å². The molecule has 1 aromatic carbocycles. The molecule has 0 aliphatic heterocycles. The van der Waals surface area contributed by atoms with Gasteiger partial charge < -0.3 is 10.1 Å². The number of hydrazine groups is 1. The van der Waals surface area contributed by atoms with Gasteiger partial charge in [0.25, 0.3) is 5.91 Å². The highest BCUT2D eigenvalue weighted by Crippen LogP contribution is 2.31. The summed E-state index contributed by atoms with van der Waals surface area (Å²) in [5.74, 6) is 5.53. The quantitative estimate of drug-likeness (QED) is 0.313. The number of aryl methyl sites for hydroxylation is 1. The van der Waals surface area contributed by atoms with Crippen LogP contribution in [0.15, 0.2) is 29.2 Å². The fourth-order valence-electron chi connectivity index (χ4n) is 2.25. The monoisotopic (exact) mass is 348 g/mol. The van der Waals surface area contributed by atoms with Crippen LogP contribution in [-0.2, 0) is 9.59 Å². The summed E-state index contributed by atoms with van der Waals surface area (Å²) in [6, 6.07) is 6.87. The Labute approximate surface area is 144 Å². The molecule has 1 atom stereocenters. The number of nitrogens with zero attached hydrogens (tertiary/aromatic N) is 1. The summed E-state index contributed by atoms with van der Waals surface area (Å²) >= 11 is 1.45. The van der Waals surface area contributed by atoms with Gasteiger partial charge in [-0.25, -0.2) is 5.84 Å². The highest BCUT2D eigenvalue weighted by molar-refractivity contribution is 7.99. The largest absolute Gasteiger partial charge is 0.497 e. The fraction of sp³-hybridized carbons (Fsp3) is 0.312. The molecule has 2 aromatic rings. The molecule has 8 heteroatoms. The predicted molar refractivity (Wildman–Crippen MR) is 93.7 cm³/mol. The normalized spacial score (nSPS) is 11.8. The van der Waals surface area contributed by atoms with Gasteiger partial charge >= 0.3 is 0 Å². The van der Waals surface area contributed by atoms with E-state index in [0.29, 0.717) is 5.75 Å². The maximum Gasteiger partial charge on any atom is 0.257 e. The van der Waals surface area contributed by atoms with E-state index in [0.717, 1.165) is 27.2 Å². The number of ether oxygens (including phenoxy) is 1.